The second kappa shape index (κ2) is 4.67. The van der Waals surface area contributed by atoms with E-state index < -0.39 is 5.97 Å². The molecule has 1 aromatic carbocycles. The minimum Gasteiger partial charge on any atom is -0.497 e. The summed E-state index contributed by atoms with van der Waals surface area (Å²) < 4.78 is 4.95. The summed E-state index contributed by atoms with van der Waals surface area (Å²) >= 11 is 5.87. The Labute approximate surface area is 86.6 Å². The number of carboxylic acid groups (broad SMARTS) is 1. The fourth-order valence-electron chi connectivity index (χ4n) is 0.931. The molecule has 3 nitrogen and oxygen atoms in total. The first-order valence-electron chi connectivity index (χ1n) is 3.88. The summed E-state index contributed by atoms with van der Waals surface area (Å²) in [6, 6.07) is 5.04. The van der Waals surface area contributed by atoms with E-state index in [1.165, 1.54) is 6.08 Å². The summed E-state index contributed by atoms with van der Waals surface area (Å²) in [6.45, 7) is 0. The second-order valence-corrected chi connectivity index (χ2v) is 2.97. The van der Waals surface area contributed by atoms with Crippen LogP contribution in [0.4, 0.5) is 0 Å². The minimum atomic E-state index is -1.00. The molecule has 0 bridgehead atoms. The number of carboxylic acids is 1. The normalized spacial score (nSPS) is 10.4. The van der Waals surface area contributed by atoms with Gasteiger partial charge in [-0.3, -0.25) is 0 Å². The maximum absolute atomic E-state index is 10.3. The average molecular weight is 213 g/mol. The maximum Gasteiger partial charge on any atom is 0.328 e. The number of hydrogen-bond donors (Lipinski definition) is 1. The van der Waals surface area contributed by atoms with Gasteiger partial charge in [0.25, 0.3) is 0 Å². The lowest BCUT2D eigenvalue weighted by molar-refractivity contribution is -0.131. The third kappa shape index (κ3) is 2.78. The predicted octanol–water partition coefficient (Wildman–Crippen LogP) is 2.45. The predicted molar refractivity (Wildman–Crippen MR) is 54.7 cm³/mol. The molecule has 0 aromatic heterocycles. The van der Waals surface area contributed by atoms with Gasteiger partial charge in [-0.15, -0.1) is 0 Å². The van der Waals surface area contributed by atoms with Crippen molar-refractivity contribution in [2.75, 3.05) is 7.11 Å². The van der Waals surface area contributed by atoms with E-state index in [1.807, 2.05) is 0 Å². The van der Waals surface area contributed by atoms with Crippen LogP contribution in [0.3, 0.4) is 0 Å². The maximum atomic E-state index is 10.3. The van der Waals surface area contributed by atoms with Gasteiger partial charge in [0.1, 0.15) is 5.75 Å². The van der Waals surface area contributed by atoms with Gasteiger partial charge in [-0.1, -0.05) is 11.6 Å². The van der Waals surface area contributed by atoms with Gasteiger partial charge in [-0.2, -0.15) is 0 Å². The van der Waals surface area contributed by atoms with E-state index in [-0.39, 0.29) is 0 Å². The number of benzene rings is 1. The van der Waals surface area contributed by atoms with Gasteiger partial charge in [0.15, 0.2) is 0 Å². The lowest BCUT2D eigenvalue weighted by atomic mass is 10.2. The molecule has 0 aliphatic carbocycles. The van der Waals surface area contributed by atoms with Crippen molar-refractivity contribution in [1.29, 1.82) is 0 Å². The molecule has 0 aliphatic rings. The van der Waals surface area contributed by atoms with Crippen LogP contribution in [0.25, 0.3) is 6.08 Å². The zero-order chi connectivity index (χ0) is 10.6. The highest BCUT2D eigenvalue weighted by molar-refractivity contribution is 6.32. The molecule has 0 atom stereocenters. The summed E-state index contributed by atoms with van der Waals surface area (Å²) in [5.41, 5.74) is 0.648. The number of aliphatic carboxylic acids is 1. The number of hydrogen-bond acceptors (Lipinski definition) is 2. The highest BCUT2D eigenvalue weighted by Crippen LogP contribution is 2.23. The third-order valence-electron chi connectivity index (χ3n) is 1.61. The van der Waals surface area contributed by atoms with Crippen LogP contribution >= 0.6 is 11.6 Å². The summed E-state index contributed by atoms with van der Waals surface area (Å²) in [5, 5.41) is 8.87. The van der Waals surface area contributed by atoms with E-state index in [2.05, 4.69) is 0 Å². The van der Waals surface area contributed by atoms with Crippen LogP contribution < -0.4 is 4.74 Å². The lowest BCUT2D eigenvalue weighted by Crippen LogP contribution is -1.87. The van der Waals surface area contributed by atoms with Crippen molar-refractivity contribution in [1.82, 2.24) is 0 Å². The Kier molecular flexibility index (Phi) is 3.54. The molecule has 4 heteroatoms. The van der Waals surface area contributed by atoms with Crippen molar-refractivity contribution in [2.45, 2.75) is 0 Å². The zero-order valence-electron chi connectivity index (χ0n) is 7.53. The third-order valence-corrected chi connectivity index (χ3v) is 1.94. The Morgan fingerprint density at radius 1 is 1.57 bits per heavy atom. The van der Waals surface area contributed by atoms with E-state index in [0.29, 0.717) is 16.3 Å². The van der Waals surface area contributed by atoms with Crippen LogP contribution in [0.5, 0.6) is 5.75 Å². The zero-order valence-corrected chi connectivity index (χ0v) is 8.28. The Morgan fingerprint density at radius 3 is 2.79 bits per heavy atom. The first kappa shape index (κ1) is 10.6. The van der Waals surface area contributed by atoms with Gasteiger partial charge >= 0.3 is 5.97 Å². The monoisotopic (exact) mass is 212 g/mol. The van der Waals surface area contributed by atoms with E-state index in [0.717, 1.165) is 6.08 Å². The summed E-state index contributed by atoms with van der Waals surface area (Å²) in [5.74, 6) is -0.362. The van der Waals surface area contributed by atoms with Crippen LogP contribution in [0.15, 0.2) is 24.3 Å². The largest absolute Gasteiger partial charge is 0.497 e. The first-order valence-corrected chi connectivity index (χ1v) is 4.26. The van der Waals surface area contributed by atoms with E-state index in [4.69, 9.17) is 21.4 Å². The Balaban J connectivity index is 2.94. The van der Waals surface area contributed by atoms with E-state index >= 15 is 0 Å². The van der Waals surface area contributed by atoms with Gasteiger partial charge in [-0.05, 0) is 29.8 Å². The van der Waals surface area contributed by atoms with Gasteiger partial charge < -0.3 is 9.84 Å². The van der Waals surface area contributed by atoms with Crippen molar-refractivity contribution in [2.24, 2.45) is 0 Å². The van der Waals surface area contributed by atoms with Gasteiger partial charge in [0.2, 0.25) is 0 Å². The minimum absolute atomic E-state index is 0.460. The van der Waals surface area contributed by atoms with E-state index in [9.17, 15) is 4.79 Å². The highest BCUT2D eigenvalue weighted by Gasteiger charge is 1.99. The molecule has 0 saturated carbocycles. The number of rotatable bonds is 3. The quantitative estimate of drug-likeness (QED) is 0.783. The van der Waals surface area contributed by atoms with Crippen molar-refractivity contribution >= 4 is 23.6 Å². The Morgan fingerprint density at radius 2 is 2.29 bits per heavy atom. The molecule has 0 aliphatic heterocycles. The number of halogens is 1. The topological polar surface area (TPSA) is 46.5 Å². The van der Waals surface area contributed by atoms with Gasteiger partial charge in [0, 0.05) is 6.08 Å². The molecule has 0 unspecified atom stereocenters. The fraction of sp³-hybridized carbons (Fsp3) is 0.100. The summed E-state index contributed by atoms with van der Waals surface area (Å²) in [7, 11) is 1.54. The number of methoxy groups -OCH3 is 1. The number of ether oxygens (including phenoxy) is 1. The van der Waals surface area contributed by atoms with Crippen LogP contribution in [-0.4, -0.2) is 18.2 Å². The molecule has 1 rings (SSSR count). The molecule has 0 radical (unpaired) electrons. The molecule has 14 heavy (non-hydrogen) atoms. The Hall–Kier alpha value is -1.48. The van der Waals surface area contributed by atoms with Crippen LogP contribution in [-0.2, 0) is 4.79 Å². The number of carbonyl (C=O) groups is 1. The van der Waals surface area contributed by atoms with Crippen LogP contribution in [0.2, 0.25) is 5.02 Å². The molecule has 0 spiro atoms. The SMILES string of the molecule is COc1ccc(/C=C/C(=O)O)c(Cl)c1. The first-order chi connectivity index (χ1) is 6.63. The van der Waals surface area contributed by atoms with Crippen molar-refractivity contribution in [3.63, 3.8) is 0 Å². The van der Waals surface area contributed by atoms with Crippen molar-refractivity contribution in [3.05, 3.63) is 34.9 Å². The molecule has 74 valence electrons. The summed E-state index contributed by atoms with van der Waals surface area (Å²) in [6.07, 6.45) is 2.47. The molecule has 1 N–H and O–H groups in total. The molecule has 0 saturated heterocycles. The molecule has 0 heterocycles. The van der Waals surface area contributed by atoms with Gasteiger partial charge in [-0.25, -0.2) is 4.79 Å². The lowest BCUT2D eigenvalue weighted by Gasteiger charge is -2.01. The Bertz CT molecular complexity index is 372. The average Bonchev–Trinajstić information content (AvgIpc) is 2.15. The molecule has 0 amide bonds. The van der Waals surface area contributed by atoms with Gasteiger partial charge in [0.05, 0.1) is 12.1 Å². The highest BCUT2D eigenvalue weighted by atomic mass is 35.5. The molecule has 0 fully saturated rings. The van der Waals surface area contributed by atoms with Crippen molar-refractivity contribution in [3.8, 4) is 5.75 Å². The van der Waals surface area contributed by atoms with Crippen molar-refractivity contribution < 1.29 is 14.6 Å². The van der Waals surface area contributed by atoms with E-state index in [1.54, 1.807) is 25.3 Å². The fourth-order valence-corrected chi connectivity index (χ4v) is 1.16. The van der Waals surface area contributed by atoms with Crippen LogP contribution in [0.1, 0.15) is 5.56 Å². The molecular formula is C10H9ClO3. The summed E-state index contributed by atoms with van der Waals surface area (Å²) in [4.78, 5) is 10.3. The molecule has 1 aromatic rings. The second-order valence-electron chi connectivity index (χ2n) is 2.56. The standard InChI is InChI=1S/C10H9ClO3/c1-14-8-4-2-7(9(11)6-8)3-5-10(12)13/h2-6H,1H3,(H,12,13)/b5-3+. The molecular weight excluding hydrogens is 204 g/mol. The smallest absolute Gasteiger partial charge is 0.328 e. The van der Waals surface area contributed by atoms with Crippen LogP contribution in [0, 0.1) is 0 Å².